The molecule has 0 unspecified atom stereocenters. The van der Waals surface area contributed by atoms with Crippen molar-refractivity contribution in [2.45, 2.75) is 0 Å². The smallest absolute Gasteiger partial charge is 0.229 e. The van der Waals surface area contributed by atoms with E-state index in [9.17, 15) is 4.79 Å². The van der Waals surface area contributed by atoms with Crippen molar-refractivity contribution in [3.8, 4) is 11.6 Å². The van der Waals surface area contributed by atoms with E-state index in [-0.39, 0.29) is 5.88 Å². The molecule has 1 heterocycles. The summed E-state index contributed by atoms with van der Waals surface area (Å²) in [4.78, 5) is 15.1. The second kappa shape index (κ2) is 5.31. The number of hydrogen-bond donors (Lipinski definition) is 0. The molecule has 20 heavy (non-hydrogen) atoms. The van der Waals surface area contributed by atoms with Gasteiger partial charge in [0.2, 0.25) is 5.88 Å². The van der Waals surface area contributed by atoms with Crippen LogP contribution in [0.25, 0.3) is 10.8 Å². The zero-order chi connectivity index (χ0) is 13.9. The Morgan fingerprint density at radius 3 is 2.60 bits per heavy atom. The van der Waals surface area contributed by atoms with Crippen LogP contribution in [0.1, 0.15) is 10.4 Å². The lowest BCUT2D eigenvalue weighted by molar-refractivity contribution is 0.112. The molecule has 98 valence electrons. The number of nitrogens with zero attached hydrogens (tertiary/aromatic N) is 1. The molecule has 2 aromatic carbocycles. The van der Waals surface area contributed by atoms with Crippen molar-refractivity contribution in [1.82, 2.24) is 4.98 Å². The van der Waals surface area contributed by atoms with Gasteiger partial charge < -0.3 is 4.74 Å². The molecule has 0 aliphatic rings. The number of fused-ring (bicyclic) bond motifs is 1. The number of halogens is 1. The molecule has 3 rings (SSSR count). The van der Waals surface area contributed by atoms with Crippen LogP contribution in [0, 0.1) is 0 Å². The summed E-state index contributed by atoms with van der Waals surface area (Å²) in [7, 11) is 0. The first kappa shape index (κ1) is 12.6. The van der Waals surface area contributed by atoms with Gasteiger partial charge in [0, 0.05) is 22.0 Å². The number of aldehydes is 1. The molecule has 1 aromatic heterocycles. The van der Waals surface area contributed by atoms with Gasteiger partial charge in [-0.25, -0.2) is 4.98 Å². The molecule has 0 atom stereocenters. The molecule has 0 fully saturated rings. The van der Waals surface area contributed by atoms with Crippen LogP contribution >= 0.6 is 11.6 Å². The number of carbonyl (C=O) groups is 1. The van der Waals surface area contributed by atoms with E-state index in [0.717, 1.165) is 17.1 Å². The maximum Gasteiger partial charge on any atom is 0.229 e. The van der Waals surface area contributed by atoms with Gasteiger partial charge in [0.1, 0.15) is 5.75 Å². The Balaban J connectivity index is 2.12. The maximum atomic E-state index is 11.0. The van der Waals surface area contributed by atoms with Crippen LogP contribution in [0.3, 0.4) is 0 Å². The molecular weight excluding hydrogens is 274 g/mol. The van der Waals surface area contributed by atoms with Crippen molar-refractivity contribution in [3.63, 3.8) is 0 Å². The number of hydrogen-bond acceptors (Lipinski definition) is 3. The third-order valence-electron chi connectivity index (χ3n) is 2.97. The number of rotatable bonds is 3. The van der Waals surface area contributed by atoms with Crippen LogP contribution in [0.15, 0.2) is 54.7 Å². The fraction of sp³-hybridized carbons (Fsp3) is 0. The topological polar surface area (TPSA) is 39.2 Å². The average Bonchev–Trinajstić information content (AvgIpc) is 2.51. The van der Waals surface area contributed by atoms with Crippen molar-refractivity contribution in [1.29, 1.82) is 0 Å². The number of ether oxygens (including phenoxy) is 1. The average molecular weight is 284 g/mol. The summed E-state index contributed by atoms with van der Waals surface area (Å²) in [5.74, 6) is 0.904. The molecule has 0 saturated heterocycles. The summed E-state index contributed by atoms with van der Waals surface area (Å²) in [5, 5.41) is 2.43. The van der Waals surface area contributed by atoms with E-state index in [0.29, 0.717) is 16.3 Å². The fourth-order valence-corrected chi connectivity index (χ4v) is 2.23. The summed E-state index contributed by atoms with van der Waals surface area (Å²) in [5.41, 5.74) is 0.409. The first-order valence-corrected chi connectivity index (χ1v) is 6.42. The van der Waals surface area contributed by atoms with Gasteiger partial charge in [0.25, 0.3) is 0 Å². The van der Waals surface area contributed by atoms with Gasteiger partial charge in [0.05, 0.1) is 5.56 Å². The highest BCUT2D eigenvalue weighted by atomic mass is 35.5. The molecule has 3 nitrogen and oxygen atoms in total. The molecule has 0 amide bonds. The summed E-state index contributed by atoms with van der Waals surface area (Å²) in [6, 6.07) is 14.5. The number of carbonyl (C=O) groups excluding carboxylic acids is 1. The second-order valence-corrected chi connectivity index (χ2v) is 4.62. The van der Waals surface area contributed by atoms with Gasteiger partial charge in [-0.1, -0.05) is 35.9 Å². The predicted octanol–water partition coefficient (Wildman–Crippen LogP) is 4.49. The first-order valence-electron chi connectivity index (χ1n) is 6.05. The normalized spacial score (nSPS) is 10.4. The minimum atomic E-state index is 0.287. The van der Waals surface area contributed by atoms with Crippen LogP contribution in [0.2, 0.25) is 5.02 Å². The Hall–Kier alpha value is -2.39. The van der Waals surface area contributed by atoms with Gasteiger partial charge in [-0.15, -0.1) is 0 Å². The quantitative estimate of drug-likeness (QED) is 0.665. The van der Waals surface area contributed by atoms with Crippen LogP contribution in [0.4, 0.5) is 0 Å². The highest BCUT2D eigenvalue weighted by molar-refractivity contribution is 6.35. The maximum absolute atomic E-state index is 11.0. The monoisotopic (exact) mass is 283 g/mol. The Morgan fingerprint density at radius 2 is 1.80 bits per heavy atom. The van der Waals surface area contributed by atoms with Crippen molar-refractivity contribution in [2.75, 3.05) is 0 Å². The predicted molar refractivity (Wildman–Crippen MR) is 78.7 cm³/mol. The SMILES string of the molecule is O=Cc1cccnc1Oc1ccc(Cl)c2ccccc12. The molecular formula is C16H10ClNO2. The van der Waals surface area contributed by atoms with E-state index in [1.54, 1.807) is 30.5 Å². The first-order chi connectivity index (χ1) is 9.79. The van der Waals surface area contributed by atoms with Gasteiger partial charge >= 0.3 is 0 Å². The lowest BCUT2D eigenvalue weighted by Gasteiger charge is -2.10. The third kappa shape index (κ3) is 2.24. The number of aromatic nitrogens is 1. The van der Waals surface area contributed by atoms with E-state index in [2.05, 4.69) is 4.98 Å². The van der Waals surface area contributed by atoms with Gasteiger partial charge in [-0.05, 0) is 24.3 Å². The highest BCUT2D eigenvalue weighted by Gasteiger charge is 2.09. The van der Waals surface area contributed by atoms with Crippen LogP contribution in [-0.2, 0) is 0 Å². The molecule has 0 radical (unpaired) electrons. The summed E-state index contributed by atoms with van der Waals surface area (Å²) < 4.78 is 5.77. The summed E-state index contributed by atoms with van der Waals surface area (Å²) >= 11 is 6.16. The second-order valence-electron chi connectivity index (χ2n) is 4.21. The third-order valence-corrected chi connectivity index (χ3v) is 3.29. The molecule has 3 aromatic rings. The van der Waals surface area contributed by atoms with Crippen LogP contribution in [0.5, 0.6) is 11.6 Å². The largest absolute Gasteiger partial charge is 0.438 e. The van der Waals surface area contributed by atoms with Gasteiger partial charge in [-0.3, -0.25) is 4.79 Å². The van der Waals surface area contributed by atoms with Crippen LogP contribution in [-0.4, -0.2) is 11.3 Å². The Kier molecular flexibility index (Phi) is 3.35. The fourth-order valence-electron chi connectivity index (χ4n) is 2.01. The molecule has 4 heteroatoms. The molecule has 0 bridgehead atoms. The summed E-state index contributed by atoms with van der Waals surface area (Å²) in [6.07, 6.45) is 2.31. The number of pyridine rings is 1. The van der Waals surface area contributed by atoms with Crippen molar-refractivity contribution in [3.05, 3.63) is 65.3 Å². The lowest BCUT2D eigenvalue weighted by Crippen LogP contribution is -1.93. The van der Waals surface area contributed by atoms with E-state index >= 15 is 0 Å². The van der Waals surface area contributed by atoms with Gasteiger partial charge in [0.15, 0.2) is 6.29 Å². The molecule has 0 N–H and O–H groups in total. The Labute approximate surface area is 120 Å². The Morgan fingerprint density at radius 1 is 1.00 bits per heavy atom. The molecule has 0 spiro atoms. The van der Waals surface area contributed by atoms with E-state index < -0.39 is 0 Å². The zero-order valence-electron chi connectivity index (χ0n) is 10.4. The molecule has 0 aliphatic heterocycles. The minimum absolute atomic E-state index is 0.287. The van der Waals surface area contributed by atoms with Crippen molar-refractivity contribution >= 4 is 28.7 Å². The van der Waals surface area contributed by atoms with E-state index in [1.165, 1.54) is 0 Å². The summed E-state index contributed by atoms with van der Waals surface area (Å²) in [6.45, 7) is 0. The lowest BCUT2D eigenvalue weighted by atomic mass is 10.1. The highest BCUT2D eigenvalue weighted by Crippen LogP contribution is 2.34. The van der Waals surface area contributed by atoms with E-state index in [1.807, 2.05) is 24.3 Å². The minimum Gasteiger partial charge on any atom is -0.438 e. The standard InChI is InChI=1S/C16H10ClNO2/c17-14-7-8-15(13-6-2-1-5-12(13)14)20-16-11(10-19)4-3-9-18-16/h1-10H. The van der Waals surface area contributed by atoms with Gasteiger partial charge in [-0.2, -0.15) is 0 Å². The Bertz CT molecular complexity index is 786. The van der Waals surface area contributed by atoms with Crippen LogP contribution < -0.4 is 4.74 Å². The van der Waals surface area contributed by atoms with Crippen molar-refractivity contribution in [2.24, 2.45) is 0 Å². The zero-order valence-corrected chi connectivity index (χ0v) is 11.2. The van der Waals surface area contributed by atoms with Crippen molar-refractivity contribution < 1.29 is 9.53 Å². The molecule has 0 saturated carbocycles. The molecule has 0 aliphatic carbocycles. The van der Waals surface area contributed by atoms with E-state index in [4.69, 9.17) is 16.3 Å². The number of benzene rings is 2.